The summed E-state index contributed by atoms with van der Waals surface area (Å²) in [5.74, 6) is 0.145. The molecule has 1 aliphatic heterocycles. The van der Waals surface area contributed by atoms with Gasteiger partial charge in [0.05, 0.1) is 15.5 Å². The molecule has 3 N–H and O–H groups in total. The van der Waals surface area contributed by atoms with Crippen LogP contribution < -0.4 is 16.0 Å². The average Bonchev–Trinajstić information content (AvgIpc) is 2.62. The molecule has 0 atom stereocenters. The molecule has 4 nitrogen and oxygen atoms in total. The van der Waals surface area contributed by atoms with Crippen LogP contribution in [0.1, 0.15) is 29.9 Å². The molecule has 112 valence electrons. The van der Waals surface area contributed by atoms with Crippen molar-refractivity contribution >= 4 is 39.6 Å². The van der Waals surface area contributed by atoms with Crippen LogP contribution in [0.15, 0.2) is 4.90 Å². The molecule has 1 aromatic rings. The summed E-state index contributed by atoms with van der Waals surface area (Å²) in [6.07, 6.45) is 3.15. The van der Waals surface area contributed by atoms with Crippen molar-refractivity contribution in [1.29, 1.82) is 0 Å². The Morgan fingerprint density at radius 2 is 2.15 bits per heavy atom. The SMILES string of the molecule is CSc1c(N2CCCNCC2)sc(C(=O)C(C)C)c1N. The highest BCUT2D eigenvalue weighted by Crippen LogP contribution is 2.44. The Labute approximate surface area is 129 Å². The van der Waals surface area contributed by atoms with Crippen LogP contribution in [0.2, 0.25) is 0 Å². The number of thioether (sulfide) groups is 1. The number of nitrogen functional groups attached to an aromatic ring is 1. The molecular weight excluding hydrogens is 290 g/mol. The van der Waals surface area contributed by atoms with Crippen LogP contribution in [0.5, 0.6) is 0 Å². The van der Waals surface area contributed by atoms with Gasteiger partial charge in [-0.25, -0.2) is 0 Å². The number of anilines is 2. The molecule has 0 radical (unpaired) electrons. The molecule has 0 amide bonds. The summed E-state index contributed by atoms with van der Waals surface area (Å²) in [5, 5.41) is 4.57. The van der Waals surface area contributed by atoms with Gasteiger partial charge < -0.3 is 16.0 Å². The molecule has 6 heteroatoms. The molecule has 2 rings (SSSR count). The van der Waals surface area contributed by atoms with Gasteiger partial charge in [-0.05, 0) is 19.2 Å². The highest BCUT2D eigenvalue weighted by molar-refractivity contribution is 7.99. The van der Waals surface area contributed by atoms with E-state index in [1.807, 2.05) is 20.1 Å². The maximum absolute atomic E-state index is 12.3. The second-order valence-corrected chi connectivity index (χ2v) is 7.11. The first-order chi connectivity index (χ1) is 9.56. The largest absolute Gasteiger partial charge is 0.396 e. The molecule has 0 unspecified atom stereocenters. The number of hydrogen-bond donors (Lipinski definition) is 2. The van der Waals surface area contributed by atoms with Gasteiger partial charge in [-0.15, -0.1) is 23.1 Å². The Bertz CT molecular complexity index is 477. The van der Waals surface area contributed by atoms with Gasteiger partial charge in [-0.1, -0.05) is 13.8 Å². The zero-order valence-corrected chi connectivity index (χ0v) is 14.0. The summed E-state index contributed by atoms with van der Waals surface area (Å²) in [5.41, 5.74) is 6.90. The molecule has 1 saturated heterocycles. The van der Waals surface area contributed by atoms with Crippen molar-refractivity contribution in [3.8, 4) is 0 Å². The Kier molecular flexibility index (Phi) is 5.35. The van der Waals surface area contributed by atoms with Crippen LogP contribution in [0.4, 0.5) is 10.7 Å². The third-order valence-corrected chi connectivity index (χ3v) is 5.69. The Balaban J connectivity index is 2.37. The number of ketones is 1. The van der Waals surface area contributed by atoms with Crippen molar-refractivity contribution in [1.82, 2.24) is 5.32 Å². The summed E-state index contributed by atoms with van der Waals surface area (Å²) < 4.78 is 0. The van der Waals surface area contributed by atoms with Crippen molar-refractivity contribution in [3.05, 3.63) is 4.88 Å². The molecule has 0 bridgehead atoms. The standard InChI is InChI=1S/C14H23N3OS2/c1-9(2)11(18)12-10(15)13(19-3)14(20-12)17-7-4-5-16-6-8-17/h9,16H,4-8,15H2,1-3H3. The third-order valence-electron chi connectivity index (χ3n) is 3.46. The minimum absolute atomic E-state index is 0.00990. The summed E-state index contributed by atoms with van der Waals surface area (Å²) in [7, 11) is 0. The number of carbonyl (C=O) groups excluding carboxylic acids is 1. The van der Waals surface area contributed by atoms with Gasteiger partial charge in [0.25, 0.3) is 0 Å². The fraction of sp³-hybridized carbons (Fsp3) is 0.643. The van der Waals surface area contributed by atoms with Gasteiger partial charge in [0.15, 0.2) is 5.78 Å². The fourth-order valence-corrected chi connectivity index (χ4v) is 4.64. The predicted molar refractivity (Wildman–Crippen MR) is 89.4 cm³/mol. The Hall–Kier alpha value is -0.720. The topological polar surface area (TPSA) is 58.4 Å². The number of hydrogen-bond acceptors (Lipinski definition) is 6. The number of thiophene rings is 1. The van der Waals surface area contributed by atoms with Crippen LogP contribution in [-0.2, 0) is 0 Å². The van der Waals surface area contributed by atoms with Crippen LogP contribution in [0, 0.1) is 5.92 Å². The smallest absolute Gasteiger partial charge is 0.177 e. The van der Waals surface area contributed by atoms with Gasteiger partial charge in [0, 0.05) is 25.6 Å². The predicted octanol–water partition coefficient (Wildman–Crippen LogP) is 2.69. The molecule has 0 aromatic carbocycles. The molecular formula is C14H23N3OS2. The van der Waals surface area contributed by atoms with Crippen LogP contribution in [0.3, 0.4) is 0 Å². The quantitative estimate of drug-likeness (QED) is 0.661. The van der Waals surface area contributed by atoms with E-state index < -0.39 is 0 Å². The lowest BCUT2D eigenvalue weighted by Gasteiger charge is -2.21. The lowest BCUT2D eigenvalue weighted by Crippen LogP contribution is -2.27. The number of carbonyl (C=O) groups is 1. The van der Waals surface area contributed by atoms with Gasteiger partial charge in [-0.2, -0.15) is 0 Å². The number of rotatable bonds is 4. The maximum Gasteiger partial charge on any atom is 0.177 e. The lowest BCUT2D eigenvalue weighted by molar-refractivity contribution is 0.0944. The number of nitrogens with one attached hydrogen (secondary N) is 1. The molecule has 0 spiro atoms. The number of nitrogens with zero attached hydrogens (tertiary/aromatic N) is 1. The van der Waals surface area contributed by atoms with E-state index in [1.54, 1.807) is 23.1 Å². The Morgan fingerprint density at radius 1 is 1.40 bits per heavy atom. The van der Waals surface area contributed by atoms with E-state index in [1.165, 1.54) is 5.00 Å². The van der Waals surface area contributed by atoms with Crippen LogP contribution in [-0.4, -0.2) is 38.2 Å². The second-order valence-electron chi connectivity index (χ2n) is 5.29. The summed E-state index contributed by atoms with van der Waals surface area (Å²) in [6, 6.07) is 0. The summed E-state index contributed by atoms with van der Waals surface area (Å²) >= 11 is 3.21. The van der Waals surface area contributed by atoms with E-state index in [-0.39, 0.29) is 11.7 Å². The molecule has 2 heterocycles. The fourth-order valence-electron chi connectivity index (χ4n) is 2.32. The molecule has 20 heavy (non-hydrogen) atoms. The van der Waals surface area contributed by atoms with E-state index in [0.29, 0.717) is 5.69 Å². The van der Waals surface area contributed by atoms with Crippen LogP contribution >= 0.6 is 23.1 Å². The second kappa shape index (κ2) is 6.83. The van der Waals surface area contributed by atoms with Crippen molar-refractivity contribution in [3.63, 3.8) is 0 Å². The van der Waals surface area contributed by atoms with Crippen molar-refractivity contribution < 1.29 is 4.79 Å². The molecule has 1 aliphatic rings. The first-order valence-corrected chi connectivity index (χ1v) is 9.06. The first kappa shape index (κ1) is 15.7. The summed E-state index contributed by atoms with van der Waals surface area (Å²) in [4.78, 5) is 16.5. The highest BCUT2D eigenvalue weighted by atomic mass is 32.2. The average molecular weight is 313 g/mol. The van der Waals surface area contributed by atoms with E-state index in [2.05, 4.69) is 10.2 Å². The number of Topliss-reactive ketones (excluding diaryl/α,β-unsaturated/α-hetero) is 1. The molecule has 0 aliphatic carbocycles. The third kappa shape index (κ3) is 3.13. The van der Waals surface area contributed by atoms with Gasteiger partial charge in [-0.3, -0.25) is 4.79 Å². The minimum Gasteiger partial charge on any atom is -0.396 e. The zero-order chi connectivity index (χ0) is 14.7. The maximum atomic E-state index is 12.3. The van der Waals surface area contributed by atoms with E-state index in [0.717, 1.165) is 42.4 Å². The highest BCUT2D eigenvalue weighted by Gasteiger charge is 2.25. The monoisotopic (exact) mass is 313 g/mol. The molecule has 1 aromatic heterocycles. The van der Waals surface area contributed by atoms with Crippen molar-refractivity contribution in [2.24, 2.45) is 5.92 Å². The summed E-state index contributed by atoms with van der Waals surface area (Å²) in [6.45, 7) is 7.90. The van der Waals surface area contributed by atoms with Gasteiger partial charge in [0.1, 0.15) is 5.00 Å². The molecule has 1 fully saturated rings. The number of nitrogens with two attached hydrogens (primary N) is 1. The molecule has 0 saturated carbocycles. The van der Waals surface area contributed by atoms with Crippen molar-refractivity contribution in [2.75, 3.05) is 43.1 Å². The van der Waals surface area contributed by atoms with E-state index in [9.17, 15) is 4.79 Å². The lowest BCUT2D eigenvalue weighted by atomic mass is 10.1. The van der Waals surface area contributed by atoms with Gasteiger partial charge in [0.2, 0.25) is 0 Å². The van der Waals surface area contributed by atoms with E-state index >= 15 is 0 Å². The van der Waals surface area contributed by atoms with Crippen molar-refractivity contribution in [2.45, 2.75) is 25.2 Å². The van der Waals surface area contributed by atoms with Crippen LogP contribution in [0.25, 0.3) is 0 Å². The Morgan fingerprint density at radius 3 is 2.80 bits per heavy atom. The normalized spacial score (nSPS) is 16.5. The van der Waals surface area contributed by atoms with E-state index in [4.69, 9.17) is 5.73 Å². The minimum atomic E-state index is -0.00990. The zero-order valence-electron chi connectivity index (χ0n) is 12.4. The first-order valence-electron chi connectivity index (χ1n) is 7.02. The van der Waals surface area contributed by atoms with Gasteiger partial charge >= 0.3 is 0 Å².